The summed E-state index contributed by atoms with van der Waals surface area (Å²) < 4.78 is 9.90. The van der Waals surface area contributed by atoms with E-state index < -0.39 is 10.7 Å². The Morgan fingerprint density at radius 3 is 2.68 bits per heavy atom. The Hall–Kier alpha value is -2.48. The molecule has 3 rings (SSSR count). The van der Waals surface area contributed by atoms with E-state index in [9.17, 15) is 4.79 Å². The Bertz CT molecular complexity index is 947. The number of anilines is 1. The average molecular weight is 358 g/mol. The van der Waals surface area contributed by atoms with Crippen LogP contribution in [0.5, 0.6) is 0 Å². The van der Waals surface area contributed by atoms with Crippen LogP contribution in [0.3, 0.4) is 0 Å². The molecule has 0 saturated carbocycles. The molecule has 0 aliphatic carbocycles. The molecular formula is C17H22N6OS. The van der Waals surface area contributed by atoms with Gasteiger partial charge in [0.15, 0.2) is 11.5 Å². The summed E-state index contributed by atoms with van der Waals surface area (Å²) in [5.41, 5.74) is 1.95. The molecule has 2 aromatic heterocycles. The highest BCUT2D eigenvalue weighted by atomic mass is 32.2. The van der Waals surface area contributed by atoms with E-state index in [1.807, 2.05) is 44.2 Å². The van der Waals surface area contributed by atoms with Crippen molar-refractivity contribution in [3.05, 3.63) is 46.4 Å². The van der Waals surface area contributed by atoms with Crippen LogP contribution in [-0.4, -0.2) is 31.8 Å². The molecular weight excluding hydrogens is 336 g/mol. The number of aromatic amines is 1. The third-order valence-corrected chi connectivity index (χ3v) is 5.20. The maximum atomic E-state index is 12.5. The lowest BCUT2D eigenvalue weighted by atomic mass is 10.2. The molecule has 132 valence electrons. The molecule has 25 heavy (non-hydrogen) atoms. The van der Waals surface area contributed by atoms with Gasteiger partial charge in [-0.2, -0.15) is 0 Å². The van der Waals surface area contributed by atoms with E-state index in [1.165, 1.54) is 0 Å². The Morgan fingerprint density at radius 1 is 1.24 bits per heavy atom. The summed E-state index contributed by atoms with van der Waals surface area (Å²) in [5, 5.41) is 3.66. The monoisotopic (exact) mass is 358 g/mol. The first-order valence-electron chi connectivity index (χ1n) is 8.34. The van der Waals surface area contributed by atoms with Crippen LogP contribution in [0.2, 0.25) is 0 Å². The second-order valence-corrected chi connectivity index (χ2v) is 7.24. The fourth-order valence-electron chi connectivity index (χ4n) is 2.62. The van der Waals surface area contributed by atoms with Gasteiger partial charge in [-0.15, -0.1) is 0 Å². The van der Waals surface area contributed by atoms with E-state index in [0.717, 1.165) is 12.0 Å². The average Bonchev–Trinajstić information content (AvgIpc) is 2.92. The molecule has 0 amide bonds. The molecule has 3 N–H and O–H groups in total. The molecule has 0 spiro atoms. The zero-order valence-electron chi connectivity index (χ0n) is 14.4. The Balaban J connectivity index is 2.15. The molecule has 7 nitrogen and oxygen atoms in total. The molecule has 1 aromatic carbocycles. The van der Waals surface area contributed by atoms with Gasteiger partial charge in [0.25, 0.3) is 0 Å². The topological polar surface area (TPSA) is 99.5 Å². The number of hydrogen-bond acceptors (Lipinski definition) is 5. The number of H-pyrrole nitrogens is 1. The molecule has 8 heteroatoms. The third-order valence-electron chi connectivity index (χ3n) is 3.76. The summed E-state index contributed by atoms with van der Waals surface area (Å²) in [6.07, 6.45) is 0.897. The molecule has 2 heterocycles. The van der Waals surface area contributed by atoms with Crippen molar-refractivity contribution in [2.45, 2.75) is 32.0 Å². The van der Waals surface area contributed by atoms with E-state index in [4.69, 9.17) is 4.78 Å². The van der Waals surface area contributed by atoms with Gasteiger partial charge in [0.05, 0.1) is 6.54 Å². The number of rotatable bonds is 7. The highest BCUT2D eigenvalue weighted by Gasteiger charge is 2.16. The van der Waals surface area contributed by atoms with Crippen molar-refractivity contribution in [1.29, 1.82) is 4.78 Å². The second-order valence-electron chi connectivity index (χ2n) is 5.68. The summed E-state index contributed by atoms with van der Waals surface area (Å²) in [4.78, 5) is 24.4. The lowest BCUT2D eigenvalue weighted by Gasteiger charge is -2.09. The molecule has 0 saturated heterocycles. The van der Waals surface area contributed by atoms with E-state index in [1.54, 1.807) is 4.57 Å². The number of aromatic nitrogens is 4. The fraction of sp³-hybridized carbons (Fsp3) is 0.353. The smallest absolute Gasteiger partial charge is 0.328 e. The van der Waals surface area contributed by atoms with Crippen molar-refractivity contribution in [3.8, 4) is 0 Å². The molecule has 1 atom stereocenters. The van der Waals surface area contributed by atoms with Gasteiger partial charge in [0.1, 0.15) is 5.52 Å². The maximum Gasteiger partial charge on any atom is 0.328 e. The van der Waals surface area contributed by atoms with Gasteiger partial charge in [-0.05, 0) is 29.6 Å². The van der Waals surface area contributed by atoms with Crippen LogP contribution in [0.4, 0.5) is 5.82 Å². The van der Waals surface area contributed by atoms with Crippen LogP contribution >= 0.6 is 0 Å². The minimum absolute atomic E-state index is 0.218. The minimum atomic E-state index is -0.790. The summed E-state index contributed by atoms with van der Waals surface area (Å²) in [7, 11) is -0.790. The largest absolute Gasteiger partial charge is 0.368 e. The number of hydrogen-bond donors (Lipinski definition) is 3. The zero-order valence-corrected chi connectivity index (χ0v) is 15.2. The third kappa shape index (κ3) is 3.63. The lowest BCUT2D eigenvalue weighted by Crippen LogP contribution is -2.18. The van der Waals surface area contributed by atoms with Gasteiger partial charge in [-0.25, -0.2) is 14.8 Å². The Kier molecular flexibility index (Phi) is 5.28. The molecule has 0 aliphatic rings. The van der Waals surface area contributed by atoms with Crippen LogP contribution in [0, 0.1) is 4.78 Å². The van der Waals surface area contributed by atoms with Crippen LogP contribution in [0.25, 0.3) is 11.2 Å². The predicted molar refractivity (Wildman–Crippen MR) is 101 cm³/mol. The first-order chi connectivity index (χ1) is 12.1. The zero-order chi connectivity index (χ0) is 17.8. The summed E-state index contributed by atoms with van der Waals surface area (Å²) in [6.45, 7) is 5.12. The summed E-state index contributed by atoms with van der Waals surface area (Å²) in [5.74, 6) is 1.30. The van der Waals surface area contributed by atoms with Crippen LogP contribution < -0.4 is 11.0 Å². The highest BCUT2D eigenvalue weighted by molar-refractivity contribution is 7.85. The number of fused-ring (bicyclic) bond motifs is 1. The number of imidazole rings is 1. The normalized spacial score (nSPS) is 12.4. The van der Waals surface area contributed by atoms with Crippen LogP contribution in [0.1, 0.15) is 25.8 Å². The molecule has 1 unspecified atom stereocenters. The Morgan fingerprint density at radius 2 is 2.00 bits per heavy atom. The minimum Gasteiger partial charge on any atom is -0.368 e. The summed E-state index contributed by atoms with van der Waals surface area (Å²) in [6, 6.07) is 9.79. The van der Waals surface area contributed by atoms with Gasteiger partial charge in [0.2, 0.25) is 5.16 Å². The molecule has 0 fully saturated rings. The van der Waals surface area contributed by atoms with Crippen LogP contribution in [-0.2, 0) is 17.2 Å². The van der Waals surface area contributed by atoms with E-state index >= 15 is 0 Å². The lowest BCUT2D eigenvalue weighted by molar-refractivity contribution is 0.771. The van der Waals surface area contributed by atoms with E-state index in [2.05, 4.69) is 20.3 Å². The molecule has 0 radical (unpaired) electrons. The first kappa shape index (κ1) is 17.3. The standard InChI is InChI=1S/C17H22N6OS/c1-3-10-25(18)16-21-14(19-4-2)13-15(22-16)23(17(24)20-13)11-12-8-6-5-7-9-12/h5-9,18H,3-4,10-11H2,1-2H3,(H,20,24)(H,19,21,22). The van der Waals surface area contributed by atoms with Crippen molar-refractivity contribution < 1.29 is 0 Å². The van der Waals surface area contributed by atoms with Crippen molar-refractivity contribution in [3.63, 3.8) is 0 Å². The highest BCUT2D eigenvalue weighted by Crippen LogP contribution is 2.20. The number of benzene rings is 1. The van der Waals surface area contributed by atoms with Gasteiger partial charge < -0.3 is 10.3 Å². The van der Waals surface area contributed by atoms with Gasteiger partial charge in [-0.1, -0.05) is 37.3 Å². The van der Waals surface area contributed by atoms with Gasteiger partial charge >= 0.3 is 5.69 Å². The quantitative estimate of drug-likeness (QED) is 0.565. The number of nitrogens with one attached hydrogen (secondary N) is 3. The van der Waals surface area contributed by atoms with Crippen molar-refractivity contribution in [2.24, 2.45) is 0 Å². The van der Waals surface area contributed by atoms with Crippen molar-refractivity contribution in [1.82, 2.24) is 19.5 Å². The predicted octanol–water partition coefficient (Wildman–Crippen LogP) is 2.75. The summed E-state index contributed by atoms with van der Waals surface area (Å²) >= 11 is 0. The van der Waals surface area contributed by atoms with Crippen molar-refractivity contribution >= 4 is 27.7 Å². The first-order valence-corrected chi connectivity index (χ1v) is 9.73. The molecule has 0 bridgehead atoms. The van der Waals surface area contributed by atoms with Gasteiger partial charge in [-0.3, -0.25) is 9.35 Å². The van der Waals surface area contributed by atoms with Crippen molar-refractivity contribution in [2.75, 3.05) is 17.6 Å². The number of nitrogens with zero attached hydrogens (tertiary/aromatic N) is 3. The van der Waals surface area contributed by atoms with E-state index in [0.29, 0.717) is 41.0 Å². The van der Waals surface area contributed by atoms with E-state index in [-0.39, 0.29) is 5.69 Å². The molecule has 0 aliphatic heterocycles. The maximum absolute atomic E-state index is 12.5. The second kappa shape index (κ2) is 7.60. The SMILES string of the molecule is CCCS(=N)c1nc(NCC)c2[nH]c(=O)n(Cc3ccccc3)c2n1. The van der Waals surface area contributed by atoms with Gasteiger partial charge in [0, 0.05) is 12.3 Å². The fourth-order valence-corrected chi connectivity index (χ4v) is 3.61. The Labute approximate surface area is 148 Å². The molecule has 3 aromatic rings. The van der Waals surface area contributed by atoms with Crippen LogP contribution in [0.15, 0.2) is 40.3 Å².